The second-order valence-electron chi connectivity index (χ2n) is 4.54. The normalized spacial score (nSPS) is 16.9. The van der Waals surface area contributed by atoms with Crippen LogP contribution in [-0.2, 0) is 6.54 Å². The minimum Gasteiger partial charge on any atom is -0.489 e. The van der Waals surface area contributed by atoms with E-state index in [1.807, 2.05) is 12.1 Å². The van der Waals surface area contributed by atoms with Crippen LogP contribution in [-0.4, -0.2) is 23.9 Å². The standard InChI is InChI=1S/C13H18BrNO2/c1-9(16)8-17-13-10(3-2-4-12(13)14)7-15-11-5-6-11/h2-4,9,11,15-16H,5-8H2,1H3. The Morgan fingerprint density at radius 2 is 2.29 bits per heavy atom. The molecule has 0 amide bonds. The SMILES string of the molecule is CC(O)COc1c(Br)cccc1CNC1CC1. The van der Waals surface area contributed by atoms with Crippen molar-refractivity contribution >= 4 is 15.9 Å². The van der Waals surface area contributed by atoms with Gasteiger partial charge < -0.3 is 15.2 Å². The molecule has 0 bridgehead atoms. The zero-order valence-corrected chi connectivity index (χ0v) is 11.5. The van der Waals surface area contributed by atoms with E-state index in [-0.39, 0.29) is 0 Å². The average molecular weight is 300 g/mol. The molecule has 1 fully saturated rings. The van der Waals surface area contributed by atoms with E-state index in [0.29, 0.717) is 12.6 Å². The van der Waals surface area contributed by atoms with E-state index in [1.165, 1.54) is 12.8 Å². The van der Waals surface area contributed by atoms with Gasteiger partial charge in [0.25, 0.3) is 0 Å². The fraction of sp³-hybridized carbons (Fsp3) is 0.538. The number of rotatable bonds is 6. The van der Waals surface area contributed by atoms with Gasteiger partial charge in [0, 0.05) is 18.2 Å². The highest BCUT2D eigenvalue weighted by Gasteiger charge is 2.21. The maximum absolute atomic E-state index is 9.27. The molecule has 0 spiro atoms. The molecule has 1 aromatic rings. The minimum absolute atomic E-state index is 0.318. The fourth-order valence-corrected chi connectivity index (χ4v) is 2.12. The first-order valence-corrected chi connectivity index (χ1v) is 6.77. The number of para-hydroxylation sites is 1. The first kappa shape index (κ1) is 12.9. The Morgan fingerprint density at radius 3 is 2.94 bits per heavy atom. The Bertz CT molecular complexity index is 378. The van der Waals surface area contributed by atoms with E-state index in [2.05, 4.69) is 27.3 Å². The Labute approximate surface area is 110 Å². The lowest BCUT2D eigenvalue weighted by atomic mass is 10.2. The topological polar surface area (TPSA) is 41.5 Å². The molecular formula is C13H18BrNO2. The summed E-state index contributed by atoms with van der Waals surface area (Å²) in [5, 5.41) is 12.7. The van der Waals surface area contributed by atoms with Gasteiger partial charge >= 0.3 is 0 Å². The van der Waals surface area contributed by atoms with Crippen LogP contribution in [0.5, 0.6) is 5.75 Å². The summed E-state index contributed by atoms with van der Waals surface area (Å²) in [6.07, 6.45) is 2.10. The summed E-state index contributed by atoms with van der Waals surface area (Å²) in [5.41, 5.74) is 1.13. The van der Waals surface area contributed by atoms with Crippen molar-refractivity contribution in [1.29, 1.82) is 0 Å². The van der Waals surface area contributed by atoms with E-state index >= 15 is 0 Å². The fourth-order valence-electron chi connectivity index (χ4n) is 1.60. The van der Waals surface area contributed by atoms with Crippen LogP contribution >= 0.6 is 15.9 Å². The molecule has 1 atom stereocenters. The Balaban J connectivity index is 2.03. The Morgan fingerprint density at radius 1 is 1.53 bits per heavy atom. The molecule has 3 nitrogen and oxygen atoms in total. The number of hydrogen-bond donors (Lipinski definition) is 2. The Kier molecular flexibility index (Phi) is 4.42. The van der Waals surface area contributed by atoms with E-state index in [1.54, 1.807) is 6.92 Å². The molecule has 2 N–H and O–H groups in total. The molecule has 0 heterocycles. The van der Waals surface area contributed by atoms with Crippen LogP contribution in [0.1, 0.15) is 25.3 Å². The predicted octanol–water partition coefficient (Wildman–Crippen LogP) is 2.46. The van der Waals surface area contributed by atoms with Gasteiger partial charge in [0.05, 0.1) is 10.6 Å². The molecule has 1 saturated carbocycles. The number of aliphatic hydroxyl groups excluding tert-OH is 1. The number of ether oxygens (including phenoxy) is 1. The summed E-state index contributed by atoms with van der Waals surface area (Å²) >= 11 is 3.49. The molecule has 0 saturated heterocycles. The van der Waals surface area contributed by atoms with Gasteiger partial charge in [-0.05, 0) is 41.8 Å². The van der Waals surface area contributed by atoms with Crippen LogP contribution < -0.4 is 10.1 Å². The van der Waals surface area contributed by atoms with Gasteiger partial charge in [-0.15, -0.1) is 0 Å². The molecule has 1 unspecified atom stereocenters. The van der Waals surface area contributed by atoms with Crippen LogP contribution in [0, 0.1) is 0 Å². The van der Waals surface area contributed by atoms with E-state index < -0.39 is 6.10 Å². The van der Waals surface area contributed by atoms with E-state index in [0.717, 1.165) is 22.3 Å². The van der Waals surface area contributed by atoms with E-state index in [9.17, 15) is 5.11 Å². The molecule has 1 aromatic carbocycles. The van der Waals surface area contributed by atoms with Crippen molar-refractivity contribution in [3.05, 3.63) is 28.2 Å². The second-order valence-corrected chi connectivity index (χ2v) is 5.40. The van der Waals surface area contributed by atoms with Crippen molar-refractivity contribution in [3.8, 4) is 5.75 Å². The third-order valence-corrected chi connectivity index (χ3v) is 3.30. The van der Waals surface area contributed by atoms with Crippen LogP contribution in [0.2, 0.25) is 0 Å². The number of nitrogens with one attached hydrogen (secondary N) is 1. The monoisotopic (exact) mass is 299 g/mol. The summed E-state index contributed by atoms with van der Waals surface area (Å²) < 4.78 is 6.58. The quantitative estimate of drug-likeness (QED) is 0.848. The van der Waals surface area contributed by atoms with Gasteiger partial charge in [0.15, 0.2) is 0 Å². The third kappa shape index (κ3) is 3.98. The summed E-state index contributed by atoms with van der Waals surface area (Å²) in [6.45, 7) is 2.86. The summed E-state index contributed by atoms with van der Waals surface area (Å²) in [6, 6.07) is 6.69. The molecule has 2 rings (SSSR count). The first-order valence-electron chi connectivity index (χ1n) is 5.98. The van der Waals surface area contributed by atoms with Crippen LogP contribution in [0.15, 0.2) is 22.7 Å². The summed E-state index contributed by atoms with van der Waals surface area (Å²) in [7, 11) is 0. The van der Waals surface area contributed by atoms with Crippen LogP contribution in [0.4, 0.5) is 0 Å². The third-order valence-electron chi connectivity index (χ3n) is 2.68. The Hall–Kier alpha value is -0.580. The van der Waals surface area contributed by atoms with Gasteiger partial charge in [-0.25, -0.2) is 0 Å². The van der Waals surface area contributed by atoms with Gasteiger partial charge in [-0.3, -0.25) is 0 Å². The number of aliphatic hydroxyl groups is 1. The highest BCUT2D eigenvalue weighted by molar-refractivity contribution is 9.10. The van der Waals surface area contributed by atoms with Gasteiger partial charge in [-0.1, -0.05) is 12.1 Å². The zero-order chi connectivity index (χ0) is 12.3. The first-order chi connectivity index (χ1) is 8.16. The second kappa shape index (κ2) is 5.85. The van der Waals surface area contributed by atoms with Crippen LogP contribution in [0.25, 0.3) is 0 Å². The molecule has 0 aliphatic heterocycles. The molecule has 94 valence electrons. The molecule has 1 aliphatic carbocycles. The lowest BCUT2D eigenvalue weighted by Gasteiger charge is -2.14. The van der Waals surface area contributed by atoms with Gasteiger partial charge in [0.2, 0.25) is 0 Å². The highest BCUT2D eigenvalue weighted by atomic mass is 79.9. The number of benzene rings is 1. The zero-order valence-electron chi connectivity index (χ0n) is 9.95. The van der Waals surface area contributed by atoms with Gasteiger partial charge in [-0.2, -0.15) is 0 Å². The van der Waals surface area contributed by atoms with Gasteiger partial charge in [0.1, 0.15) is 12.4 Å². The van der Waals surface area contributed by atoms with Crippen molar-refractivity contribution in [2.45, 2.75) is 38.5 Å². The smallest absolute Gasteiger partial charge is 0.138 e. The van der Waals surface area contributed by atoms with E-state index in [4.69, 9.17) is 4.74 Å². The van der Waals surface area contributed by atoms with Crippen molar-refractivity contribution in [2.75, 3.05) is 6.61 Å². The van der Waals surface area contributed by atoms with Crippen molar-refractivity contribution < 1.29 is 9.84 Å². The molecule has 4 heteroatoms. The molecule has 0 aromatic heterocycles. The number of hydrogen-bond acceptors (Lipinski definition) is 3. The molecule has 17 heavy (non-hydrogen) atoms. The highest BCUT2D eigenvalue weighted by Crippen LogP contribution is 2.30. The number of halogens is 1. The predicted molar refractivity (Wildman–Crippen MR) is 71.2 cm³/mol. The molecule has 1 aliphatic rings. The lowest BCUT2D eigenvalue weighted by Crippen LogP contribution is -2.18. The van der Waals surface area contributed by atoms with Crippen LogP contribution in [0.3, 0.4) is 0 Å². The lowest BCUT2D eigenvalue weighted by molar-refractivity contribution is 0.121. The van der Waals surface area contributed by atoms with Crippen molar-refractivity contribution in [1.82, 2.24) is 5.32 Å². The minimum atomic E-state index is -0.452. The molecule has 0 radical (unpaired) electrons. The maximum atomic E-state index is 9.27. The summed E-state index contributed by atoms with van der Waals surface area (Å²) in [5.74, 6) is 0.835. The largest absolute Gasteiger partial charge is 0.489 e. The van der Waals surface area contributed by atoms with Crippen molar-refractivity contribution in [2.24, 2.45) is 0 Å². The average Bonchev–Trinajstić information content (AvgIpc) is 3.08. The van der Waals surface area contributed by atoms with Crippen molar-refractivity contribution in [3.63, 3.8) is 0 Å². The maximum Gasteiger partial charge on any atom is 0.138 e. The molecular weight excluding hydrogens is 282 g/mol. The summed E-state index contributed by atoms with van der Waals surface area (Å²) in [4.78, 5) is 0.